The lowest BCUT2D eigenvalue weighted by atomic mass is 10.2. The van der Waals surface area contributed by atoms with Gasteiger partial charge in [0.1, 0.15) is 6.10 Å². The van der Waals surface area contributed by atoms with Crippen molar-refractivity contribution in [1.29, 1.82) is 0 Å². The molecule has 2 N–H and O–H groups in total. The summed E-state index contributed by atoms with van der Waals surface area (Å²) in [5, 5.41) is 9.61. The molecule has 0 saturated heterocycles. The van der Waals surface area contributed by atoms with E-state index in [-0.39, 0.29) is 24.9 Å². The standard InChI is InChI=1S/C18H34N2O7Si/c1-18(2,3)28(5,6)26-13-16(20-8-7-15(22)19-17(20)23)27-14(11-21)12-25-10-9-24-4/h7-8,14,16,21H,9-13H2,1-6H3,(H,19,22,23)/t14?,16-/m1/s1. The number of hydrogen-bond donors (Lipinski definition) is 2. The maximum Gasteiger partial charge on any atom is 0.330 e. The number of aromatic amines is 1. The summed E-state index contributed by atoms with van der Waals surface area (Å²) in [5.41, 5.74) is -1.10. The smallest absolute Gasteiger partial charge is 0.330 e. The Labute approximate surface area is 166 Å². The molecule has 0 bridgehead atoms. The number of hydrogen-bond acceptors (Lipinski definition) is 7. The summed E-state index contributed by atoms with van der Waals surface area (Å²) in [6.07, 6.45) is -0.119. The van der Waals surface area contributed by atoms with Gasteiger partial charge < -0.3 is 23.7 Å². The van der Waals surface area contributed by atoms with Gasteiger partial charge in [-0.15, -0.1) is 0 Å². The molecule has 0 saturated carbocycles. The number of H-pyrrole nitrogens is 1. The first-order valence-electron chi connectivity index (χ1n) is 9.30. The zero-order valence-electron chi connectivity index (χ0n) is 17.7. The van der Waals surface area contributed by atoms with E-state index in [1.54, 1.807) is 7.11 Å². The third kappa shape index (κ3) is 7.61. The second-order valence-corrected chi connectivity index (χ2v) is 12.9. The first kappa shape index (κ1) is 24.7. The van der Waals surface area contributed by atoms with E-state index >= 15 is 0 Å². The summed E-state index contributed by atoms with van der Waals surface area (Å²) < 4.78 is 23.7. The average molecular weight is 419 g/mol. The Balaban J connectivity index is 2.97. The van der Waals surface area contributed by atoms with Gasteiger partial charge in [0, 0.05) is 19.4 Å². The fraction of sp³-hybridized carbons (Fsp3) is 0.778. The summed E-state index contributed by atoms with van der Waals surface area (Å²) in [5.74, 6) is 0. The van der Waals surface area contributed by atoms with Crippen molar-refractivity contribution in [2.24, 2.45) is 0 Å². The first-order chi connectivity index (χ1) is 13.0. The van der Waals surface area contributed by atoms with Crippen LogP contribution in [0.1, 0.15) is 27.0 Å². The van der Waals surface area contributed by atoms with E-state index in [1.807, 2.05) is 0 Å². The van der Waals surface area contributed by atoms with E-state index in [4.69, 9.17) is 18.6 Å². The van der Waals surface area contributed by atoms with Gasteiger partial charge in [-0.1, -0.05) is 20.8 Å². The molecule has 1 aromatic heterocycles. The summed E-state index contributed by atoms with van der Waals surface area (Å²) in [6, 6.07) is 1.24. The molecule has 0 aromatic carbocycles. The highest BCUT2D eigenvalue weighted by molar-refractivity contribution is 6.74. The Morgan fingerprint density at radius 3 is 2.43 bits per heavy atom. The van der Waals surface area contributed by atoms with Crippen molar-refractivity contribution in [2.45, 2.75) is 51.2 Å². The quantitative estimate of drug-likeness (QED) is 0.386. The molecule has 0 fully saturated rings. The van der Waals surface area contributed by atoms with Crippen LogP contribution >= 0.6 is 0 Å². The van der Waals surface area contributed by atoms with Gasteiger partial charge in [-0.3, -0.25) is 14.3 Å². The van der Waals surface area contributed by atoms with E-state index in [9.17, 15) is 14.7 Å². The molecule has 0 aliphatic heterocycles. The van der Waals surface area contributed by atoms with Gasteiger partial charge >= 0.3 is 5.69 Å². The van der Waals surface area contributed by atoms with E-state index in [0.717, 1.165) is 0 Å². The topological polar surface area (TPSA) is 112 Å². The number of rotatable bonds is 12. The van der Waals surface area contributed by atoms with Crippen LogP contribution in [0, 0.1) is 0 Å². The van der Waals surface area contributed by atoms with Gasteiger partial charge in [-0.25, -0.2) is 4.79 Å². The van der Waals surface area contributed by atoms with Crippen molar-refractivity contribution < 1.29 is 23.7 Å². The largest absolute Gasteiger partial charge is 0.412 e. The number of aliphatic hydroxyl groups is 1. The van der Waals surface area contributed by atoms with E-state index in [1.165, 1.54) is 16.8 Å². The Hall–Kier alpha value is -1.30. The van der Waals surface area contributed by atoms with Crippen LogP contribution in [0.25, 0.3) is 0 Å². The van der Waals surface area contributed by atoms with Gasteiger partial charge in [0.05, 0.1) is 33.0 Å². The molecule has 2 atom stereocenters. The molecule has 10 heteroatoms. The van der Waals surface area contributed by atoms with E-state index in [2.05, 4.69) is 38.8 Å². The highest BCUT2D eigenvalue weighted by Gasteiger charge is 2.38. The summed E-state index contributed by atoms with van der Waals surface area (Å²) in [6.45, 7) is 11.3. The van der Waals surface area contributed by atoms with Gasteiger partial charge in [0.25, 0.3) is 5.56 Å². The second-order valence-electron chi connectivity index (χ2n) is 8.05. The van der Waals surface area contributed by atoms with Crippen molar-refractivity contribution >= 4 is 8.32 Å². The Morgan fingerprint density at radius 2 is 1.89 bits per heavy atom. The van der Waals surface area contributed by atoms with Crippen LogP contribution in [-0.2, 0) is 18.6 Å². The Morgan fingerprint density at radius 1 is 1.21 bits per heavy atom. The fourth-order valence-electron chi connectivity index (χ4n) is 2.05. The number of ether oxygens (including phenoxy) is 3. The highest BCUT2D eigenvalue weighted by Crippen LogP contribution is 2.37. The summed E-state index contributed by atoms with van der Waals surface area (Å²) in [4.78, 5) is 25.8. The lowest BCUT2D eigenvalue weighted by Crippen LogP contribution is -2.44. The molecule has 0 aliphatic carbocycles. The third-order valence-electron chi connectivity index (χ3n) is 4.84. The number of nitrogens with zero attached hydrogens (tertiary/aromatic N) is 1. The van der Waals surface area contributed by atoms with Crippen molar-refractivity contribution in [2.75, 3.05) is 40.1 Å². The Kier molecular flexibility index (Phi) is 9.74. The number of aromatic nitrogens is 2. The number of nitrogens with one attached hydrogen (secondary N) is 1. The van der Waals surface area contributed by atoms with Gasteiger partial charge in [0.2, 0.25) is 0 Å². The van der Waals surface area contributed by atoms with Crippen molar-refractivity contribution in [1.82, 2.24) is 9.55 Å². The minimum atomic E-state index is -2.10. The van der Waals surface area contributed by atoms with Crippen LogP contribution in [0.5, 0.6) is 0 Å². The zero-order chi connectivity index (χ0) is 21.4. The van der Waals surface area contributed by atoms with Crippen molar-refractivity contribution in [3.05, 3.63) is 33.1 Å². The monoisotopic (exact) mass is 418 g/mol. The summed E-state index contributed by atoms with van der Waals surface area (Å²) in [7, 11) is -0.534. The molecule has 1 unspecified atom stereocenters. The Bertz CT molecular complexity index is 696. The number of methoxy groups -OCH3 is 1. The number of aliphatic hydroxyl groups excluding tert-OH is 1. The molecule has 1 heterocycles. The molecule has 0 radical (unpaired) electrons. The summed E-state index contributed by atoms with van der Waals surface area (Å²) >= 11 is 0. The maximum absolute atomic E-state index is 12.2. The molecule has 0 amide bonds. The molecule has 0 aliphatic rings. The predicted molar refractivity (Wildman–Crippen MR) is 108 cm³/mol. The van der Waals surface area contributed by atoms with Crippen LogP contribution in [0.2, 0.25) is 18.1 Å². The molecular formula is C18H34N2O7Si. The van der Waals surface area contributed by atoms with Gasteiger partial charge in [-0.2, -0.15) is 0 Å². The lowest BCUT2D eigenvalue weighted by molar-refractivity contribution is -0.123. The average Bonchev–Trinajstić information content (AvgIpc) is 2.60. The van der Waals surface area contributed by atoms with E-state index < -0.39 is 31.9 Å². The molecule has 1 aromatic rings. The van der Waals surface area contributed by atoms with Gasteiger partial charge in [0.15, 0.2) is 14.5 Å². The predicted octanol–water partition coefficient (Wildman–Crippen LogP) is 1.10. The second kappa shape index (κ2) is 11.0. The molecule has 0 spiro atoms. The lowest BCUT2D eigenvalue weighted by Gasteiger charge is -2.37. The van der Waals surface area contributed by atoms with Crippen LogP contribution in [0.4, 0.5) is 0 Å². The van der Waals surface area contributed by atoms with Crippen LogP contribution in [0.3, 0.4) is 0 Å². The maximum atomic E-state index is 12.2. The minimum absolute atomic E-state index is 0.0207. The first-order valence-corrected chi connectivity index (χ1v) is 12.2. The zero-order valence-corrected chi connectivity index (χ0v) is 18.7. The van der Waals surface area contributed by atoms with Crippen molar-refractivity contribution in [3.63, 3.8) is 0 Å². The van der Waals surface area contributed by atoms with E-state index in [0.29, 0.717) is 13.2 Å². The van der Waals surface area contributed by atoms with Crippen LogP contribution in [0.15, 0.2) is 21.9 Å². The van der Waals surface area contributed by atoms with Crippen LogP contribution < -0.4 is 11.2 Å². The minimum Gasteiger partial charge on any atom is -0.412 e. The normalized spacial score (nSPS) is 14.8. The highest BCUT2D eigenvalue weighted by atomic mass is 28.4. The fourth-order valence-corrected chi connectivity index (χ4v) is 3.04. The molecule has 9 nitrogen and oxygen atoms in total. The molecule has 28 heavy (non-hydrogen) atoms. The SMILES string of the molecule is COCCOCC(CO)O[C@H](CO[Si](C)(C)C(C)(C)C)n1ccc(=O)[nH]c1=O. The molecule has 162 valence electrons. The third-order valence-corrected chi connectivity index (χ3v) is 9.34. The molecular weight excluding hydrogens is 384 g/mol. The molecule has 1 rings (SSSR count). The van der Waals surface area contributed by atoms with Gasteiger partial charge in [-0.05, 0) is 18.1 Å². The van der Waals surface area contributed by atoms with Crippen molar-refractivity contribution in [3.8, 4) is 0 Å². The van der Waals surface area contributed by atoms with Crippen LogP contribution in [-0.4, -0.2) is 69.2 Å².